The van der Waals surface area contributed by atoms with Gasteiger partial charge in [-0.3, -0.25) is 4.57 Å². The predicted molar refractivity (Wildman–Crippen MR) is 80.0 cm³/mol. The molecule has 0 unspecified atom stereocenters. The molecule has 1 heterocycles. The fraction of sp³-hybridized carbons (Fsp3) is 0.375. The van der Waals surface area contributed by atoms with Crippen LogP contribution in [-0.4, -0.2) is 34.1 Å². The van der Waals surface area contributed by atoms with Crippen LogP contribution in [0.3, 0.4) is 0 Å². The first-order valence-corrected chi connectivity index (χ1v) is 6.86. The van der Waals surface area contributed by atoms with Crippen molar-refractivity contribution in [1.82, 2.24) is 14.5 Å². The molecule has 1 aromatic carbocycles. The van der Waals surface area contributed by atoms with Gasteiger partial charge in [0.05, 0.1) is 5.69 Å². The minimum Gasteiger partial charge on any atom is -0.327 e. The molecule has 106 valence electrons. The number of hydrogen-bond donors (Lipinski definition) is 0. The predicted octanol–water partition coefficient (Wildman–Crippen LogP) is 3.01. The average Bonchev–Trinajstić information content (AvgIpc) is 2.90. The van der Waals surface area contributed by atoms with Gasteiger partial charge in [-0.05, 0) is 37.5 Å². The summed E-state index contributed by atoms with van der Waals surface area (Å²) in [6.07, 6.45) is 4.17. The highest BCUT2D eigenvalue weighted by Crippen LogP contribution is 2.17. The molecule has 20 heavy (non-hydrogen) atoms. The normalized spacial score (nSPS) is 10.6. The van der Waals surface area contributed by atoms with Crippen LogP contribution in [0.1, 0.15) is 29.3 Å². The summed E-state index contributed by atoms with van der Waals surface area (Å²) < 4.78 is 1.55. The van der Waals surface area contributed by atoms with Gasteiger partial charge in [-0.15, -0.1) is 0 Å². The Labute approximate surface area is 120 Å². The number of aromatic nitrogens is 2. The quantitative estimate of drug-likeness (QED) is 0.860. The van der Waals surface area contributed by atoms with Gasteiger partial charge in [0.15, 0.2) is 0 Å². The molecule has 4 nitrogen and oxygen atoms in total. The molecule has 0 bridgehead atoms. The number of imidazole rings is 1. The van der Waals surface area contributed by atoms with Crippen molar-refractivity contribution in [2.75, 3.05) is 13.6 Å². The van der Waals surface area contributed by atoms with Crippen LogP contribution in [0.15, 0.2) is 30.7 Å². The lowest BCUT2D eigenvalue weighted by atomic mass is 9.99. The summed E-state index contributed by atoms with van der Waals surface area (Å²) in [5.41, 5.74) is 4.72. The van der Waals surface area contributed by atoms with E-state index in [-0.39, 0.29) is 6.03 Å². The minimum atomic E-state index is -0.0484. The van der Waals surface area contributed by atoms with E-state index < -0.39 is 0 Å². The van der Waals surface area contributed by atoms with Gasteiger partial charge in [-0.2, -0.15) is 0 Å². The van der Waals surface area contributed by atoms with Crippen LogP contribution < -0.4 is 0 Å². The van der Waals surface area contributed by atoms with Crippen molar-refractivity contribution in [1.29, 1.82) is 0 Å². The molecule has 0 aliphatic heterocycles. The van der Waals surface area contributed by atoms with E-state index in [1.54, 1.807) is 22.8 Å². The van der Waals surface area contributed by atoms with Crippen LogP contribution in [0.5, 0.6) is 0 Å². The zero-order valence-electron chi connectivity index (χ0n) is 12.6. The SMILES string of the molecule is CCN(C)C(=O)n1cnc(Cc2c(C)cccc2C)c1. The first-order chi connectivity index (χ1) is 9.52. The molecule has 0 aliphatic carbocycles. The van der Waals surface area contributed by atoms with Gasteiger partial charge in [-0.25, -0.2) is 9.78 Å². The van der Waals surface area contributed by atoms with E-state index >= 15 is 0 Å². The van der Waals surface area contributed by atoms with E-state index in [1.165, 1.54) is 16.7 Å². The van der Waals surface area contributed by atoms with E-state index in [4.69, 9.17) is 0 Å². The molecular formula is C16H21N3O. The van der Waals surface area contributed by atoms with Gasteiger partial charge < -0.3 is 4.90 Å². The highest BCUT2D eigenvalue weighted by atomic mass is 16.2. The summed E-state index contributed by atoms with van der Waals surface area (Å²) in [5, 5.41) is 0. The van der Waals surface area contributed by atoms with Crippen molar-refractivity contribution >= 4 is 6.03 Å². The number of carbonyl (C=O) groups is 1. The number of aryl methyl sites for hydroxylation is 2. The number of rotatable bonds is 3. The zero-order valence-corrected chi connectivity index (χ0v) is 12.6. The van der Waals surface area contributed by atoms with Crippen molar-refractivity contribution in [3.63, 3.8) is 0 Å². The molecule has 0 atom stereocenters. The molecule has 0 fully saturated rings. The number of nitrogens with zero attached hydrogens (tertiary/aromatic N) is 3. The molecule has 2 rings (SSSR count). The second kappa shape index (κ2) is 5.90. The van der Waals surface area contributed by atoms with Crippen molar-refractivity contribution in [3.8, 4) is 0 Å². The van der Waals surface area contributed by atoms with Crippen LogP contribution >= 0.6 is 0 Å². The maximum absolute atomic E-state index is 12.0. The fourth-order valence-electron chi connectivity index (χ4n) is 2.20. The molecule has 0 aliphatic rings. The largest absolute Gasteiger partial charge is 0.329 e. The van der Waals surface area contributed by atoms with Gasteiger partial charge >= 0.3 is 6.03 Å². The van der Waals surface area contributed by atoms with Gasteiger partial charge in [0.25, 0.3) is 0 Å². The third-order valence-corrected chi connectivity index (χ3v) is 3.66. The van der Waals surface area contributed by atoms with Gasteiger partial charge in [0.1, 0.15) is 6.33 Å². The maximum atomic E-state index is 12.0. The van der Waals surface area contributed by atoms with Crippen LogP contribution in [-0.2, 0) is 6.42 Å². The first-order valence-electron chi connectivity index (χ1n) is 6.86. The molecule has 2 aromatic rings. The third kappa shape index (κ3) is 2.90. The average molecular weight is 271 g/mol. The molecule has 0 radical (unpaired) electrons. The zero-order chi connectivity index (χ0) is 14.7. The lowest BCUT2D eigenvalue weighted by Crippen LogP contribution is -2.29. The molecule has 1 amide bonds. The summed E-state index contributed by atoms with van der Waals surface area (Å²) in [7, 11) is 1.79. The number of carbonyl (C=O) groups excluding carboxylic acids is 1. The molecule has 4 heteroatoms. The Morgan fingerprint density at radius 1 is 1.30 bits per heavy atom. The number of benzene rings is 1. The smallest absolute Gasteiger partial charge is 0.327 e. The van der Waals surface area contributed by atoms with Crippen LogP contribution in [0.2, 0.25) is 0 Å². The number of amides is 1. The second-order valence-electron chi connectivity index (χ2n) is 5.12. The Hall–Kier alpha value is -2.10. The van der Waals surface area contributed by atoms with Gasteiger partial charge in [0.2, 0.25) is 0 Å². The van der Waals surface area contributed by atoms with Gasteiger partial charge in [-0.1, -0.05) is 18.2 Å². The van der Waals surface area contributed by atoms with Crippen molar-refractivity contribution in [2.24, 2.45) is 0 Å². The van der Waals surface area contributed by atoms with Crippen LogP contribution in [0, 0.1) is 13.8 Å². The topological polar surface area (TPSA) is 38.1 Å². The molecule has 0 spiro atoms. The van der Waals surface area contributed by atoms with E-state index in [0.29, 0.717) is 6.54 Å². The summed E-state index contributed by atoms with van der Waals surface area (Å²) >= 11 is 0. The maximum Gasteiger partial charge on any atom is 0.329 e. The summed E-state index contributed by atoms with van der Waals surface area (Å²) in [4.78, 5) is 18.0. The molecule has 1 aromatic heterocycles. The van der Waals surface area contributed by atoms with Crippen LogP contribution in [0.25, 0.3) is 0 Å². The summed E-state index contributed by atoms with van der Waals surface area (Å²) in [6.45, 7) is 6.85. The molecular weight excluding hydrogens is 250 g/mol. The highest BCUT2D eigenvalue weighted by Gasteiger charge is 2.11. The summed E-state index contributed by atoms with van der Waals surface area (Å²) in [6, 6.07) is 6.23. The Morgan fingerprint density at radius 2 is 1.95 bits per heavy atom. The van der Waals surface area contributed by atoms with E-state index in [0.717, 1.165) is 12.1 Å². The van der Waals surface area contributed by atoms with E-state index in [9.17, 15) is 4.79 Å². The fourth-order valence-corrected chi connectivity index (χ4v) is 2.20. The third-order valence-electron chi connectivity index (χ3n) is 3.66. The molecule has 0 N–H and O–H groups in total. The Kier molecular flexibility index (Phi) is 4.23. The van der Waals surface area contributed by atoms with Crippen molar-refractivity contribution in [3.05, 3.63) is 53.1 Å². The van der Waals surface area contributed by atoms with E-state index in [2.05, 4.69) is 37.0 Å². The van der Waals surface area contributed by atoms with E-state index in [1.807, 2.05) is 13.1 Å². The lowest BCUT2D eigenvalue weighted by molar-refractivity contribution is 0.212. The highest BCUT2D eigenvalue weighted by molar-refractivity contribution is 5.76. The lowest BCUT2D eigenvalue weighted by Gasteiger charge is -2.13. The Balaban J connectivity index is 2.20. The van der Waals surface area contributed by atoms with Gasteiger partial charge in [0, 0.05) is 26.2 Å². The van der Waals surface area contributed by atoms with Crippen LogP contribution in [0.4, 0.5) is 4.79 Å². The van der Waals surface area contributed by atoms with Crippen molar-refractivity contribution < 1.29 is 4.79 Å². The monoisotopic (exact) mass is 271 g/mol. The minimum absolute atomic E-state index is 0.0484. The number of hydrogen-bond acceptors (Lipinski definition) is 2. The summed E-state index contributed by atoms with van der Waals surface area (Å²) in [5.74, 6) is 0. The molecule has 0 saturated carbocycles. The van der Waals surface area contributed by atoms with Crippen molar-refractivity contribution in [2.45, 2.75) is 27.2 Å². The second-order valence-corrected chi connectivity index (χ2v) is 5.12. The Bertz CT molecular complexity index is 596. The first kappa shape index (κ1) is 14.3. The Morgan fingerprint density at radius 3 is 2.55 bits per heavy atom. The standard InChI is InChI=1S/C16H21N3O/c1-5-18(4)16(20)19-10-14(17-11-19)9-15-12(2)7-6-8-13(15)3/h6-8,10-11H,5,9H2,1-4H3. The molecule has 0 saturated heterocycles.